The molecule has 6 nitrogen and oxygen atoms in total. The second-order valence-electron chi connectivity index (χ2n) is 10.8. The highest BCUT2D eigenvalue weighted by Gasteiger charge is 2.36. The number of morpholine rings is 1. The van der Waals surface area contributed by atoms with Crippen LogP contribution in [0.25, 0.3) is 0 Å². The Balaban J connectivity index is 2.01. The second kappa shape index (κ2) is 13.0. The van der Waals surface area contributed by atoms with Crippen LogP contribution >= 0.6 is 11.6 Å². The van der Waals surface area contributed by atoms with E-state index in [2.05, 4.69) is 0 Å². The third kappa shape index (κ3) is 7.40. The van der Waals surface area contributed by atoms with Crippen molar-refractivity contribution in [3.05, 3.63) is 69.1 Å². The third-order valence-electron chi connectivity index (χ3n) is 6.87. The number of hydrogen-bond donors (Lipinski definition) is 0. The SMILES string of the molecule is COc1cc(CC/C(C)=C(/N=C(C)c2cccc(Cl)c2F)C(=O)N2CCOCC2(C)C)c(C)cc1OC(C)C. The van der Waals surface area contributed by atoms with E-state index in [0.29, 0.717) is 55.5 Å². The molecular formula is C31H40ClFN2O4. The number of allylic oxidation sites excluding steroid dienone is 1. The van der Waals surface area contributed by atoms with Gasteiger partial charge in [0, 0.05) is 17.8 Å². The zero-order valence-corrected chi connectivity index (χ0v) is 25.0. The standard InChI is InChI=1S/C31H40ClFN2O4/c1-19(2)39-27-16-21(4)23(17-26(27)37-8)13-12-20(3)29(30(36)35-14-15-38-18-31(35,6)7)34-22(5)24-10-9-11-25(32)28(24)33/h9-11,16-17,19H,12-15,18H2,1-8H3/b29-20+,34-22?. The lowest BCUT2D eigenvalue weighted by atomic mass is 9.97. The third-order valence-corrected chi connectivity index (χ3v) is 7.16. The first-order valence-corrected chi connectivity index (χ1v) is 13.7. The number of benzene rings is 2. The molecule has 0 radical (unpaired) electrons. The summed E-state index contributed by atoms with van der Waals surface area (Å²) in [4.78, 5) is 20.5. The summed E-state index contributed by atoms with van der Waals surface area (Å²) < 4.78 is 31.9. The average molecular weight is 559 g/mol. The fourth-order valence-corrected chi connectivity index (χ4v) is 4.79. The van der Waals surface area contributed by atoms with E-state index in [1.54, 1.807) is 31.1 Å². The Morgan fingerprint density at radius 1 is 1.23 bits per heavy atom. The summed E-state index contributed by atoms with van der Waals surface area (Å²) in [5, 5.41) is 0.0132. The largest absolute Gasteiger partial charge is 0.493 e. The first kappa shape index (κ1) is 30.6. The van der Waals surface area contributed by atoms with E-state index in [-0.39, 0.29) is 22.6 Å². The van der Waals surface area contributed by atoms with Crippen LogP contribution in [0.1, 0.15) is 64.7 Å². The Hall–Kier alpha value is -2.90. The molecule has 39 heavy (non-hydrogen) atoms. The molecule has 1 fully saturated rings. The number of carbonyl (C=O) groups excluding carboxylic acids is 1. The zero-order valence-electron chi connectivity index (χ0n) is 24.3. The number of aryl methyl sites for hydroxylation is 2. The van der Waals surface area contributed by atoms with Gasteiger partial charge in [-0.2, -0.15) is 0 Å². The smallest absolute Gasteiger partial charge is 0.273 e. The van der Waals surface area contributed by atoms with Crippen LogP contribution < -0.4 is 9.47 Å². The van der Waals surface area contributed by atoms with Crippen molar-refractivity contribution in [3.8, 4) is 11.5 Å². The fraction of sp³-hybridized carbons (Fsp3) is 0.484. The molecule has 1 amide bonds. The van der Waals surface area contributed by atoms with Crippen molar-refractivity contribution in [2.75, 3.05) is 26.9 Å². The van der Waals surface area contributed by atoms with Gasteiger partial charge in [-0.15, -0.1) is 0 Å². The van der Waals surface area contributed by atoms with E-state index < -0.39 is 11.4 Å². The minimum atomic E-state index is -0.553. The van der Waals surface area contributed by atoms with Crippen LogP contribution in [0, 0.1) is 12.7 Å². The van der Waals surface area contributed by atoms with Crippen LogP contribution in [0.3, 0.4) is 0 Å². The molecular weight excluding hydrogens is 519 g/mol. The minimum absolute atomic E-state index is 0.0132. The quantitative estimate of drug-likeness (QED) is 0.247. The van der Waals surface area contributed by atoms with E-state index in [9.17, 15) is 9.18 Å². The molecule has 1 saturated heterocycles. The first-order chi connectivity index (χ1) is 18.4. The van der Waals surface area contributed by atoms with Gasteiger partial charge < -0.3 is 19.1 Å². The highest BCUT2D eigenvalue weighted by molar-refractivity contribution is 6.31. The van der Waals surface area contributed by atoms with E-state index in [1.807, 2.05) is 53.7 Å². The van der Waals surface area contributed by atoms with Crippen LogP contribution in [-0.4, -0.2) is 55.0 Å². The maximum absolute atomic E-state index is 14.8. The summed E-state index contributed by atoms with van der Waals surface area (Å²) in [6, 6.07) is 8.76. The number of halogens is 2. The normalized spacial score (nSPS) is 16.3. The van der Waals surface area contributed by atoms with Gasteiger partial charge in [-0.25, -0.2) is 9.38 Å². The van der Waals surface area contributed by atoms with Crippen LogP contribution in [-0.2, 0) is 16.0 Å². The van der Waals surface area contributed by atoms with Crippen LogP contribution in [0.2, 0.25) is 5.02 Å². The molecule has 1 heterocycles. The zero-order chi connectivity index (χ0) is 28.9. The van der Waals surface area contributed by atoms with Gasteiger partial charge >= 0.3 is 0 Å². The summed E-state index contributed by atoms with van der Waals surface area (Å²) in [6.45, 7) is 14.9. The highest BCUT2D eigenvalue weighted by Crippen LogP contribution is 2.33. The molecule has 1 aliphatic heterocycles. The molecule has 0 bridgehead atoms. The first-order valence-electron chi connectivity index (χ1n) is 13.3. The van der Waals surface area contributed by atoms with Gasteiger partial charge in [0.2, 0.25) is 0 Å². The van der Waals surface area contributed by atoms with Crippen molar-refractivity contribution in [2.45, 2.75) is 73.0 Å². The molecule has 0 N–H and O–H groups in total. The van der Waals surface area contributed by atoms with Gasteiger partial charge in [-0.3, -0.25) is 4.79 Å². The number of aliphatic imine (C=N–C) groups is 1. The molecule has 0 aliphatic carbocycles. The van der Waals surface area contributed by atoms with Gasteiger partial charge in [-0.1, -0.05) is 23.7 Å². The second-order valence-corrected chi connectivity index (χ2v) is 11.3. The van der Waals surface area contributed by atoms with Gasteiger partial charge in [-0.05, 0) is 96.2 Å². The summed E-state index contributed by atoms with van der Waals surface area (Å²) in [6.07, 6.45) is 1.27. The maximum Gasteiger partial charge on any atom is 0.273 e. The average Bonchev–Trinajstić information content (AvgIpc) is 2.87. The Morgan fingerprint density at radius 2 is 1.95 bits per heavy atom. The van der Waals surface area contributed by atoms with Crippen molar-refractivity contribution in [2.24, 2.45) is 4.99 Å². The van der Waals surface area contributed by atoms with Crippen molar-refractivity contribution in [1.82, 2.24) is 4.90 Å². The number of nitrogens with zero attached hydrogens (tertiary/aromatic N) is 2. The van der Waals surface area contributed by atoms with Crippen molar-refractivity contribution in [1.29, 1.82) is 0 Å². The molecule has 0 saturated carbocycles. The van der Waals surface area contributed by atoms with Crippen LogP contribution in [0.4, 0.5) is 4.39 Å². The number of ether oxygens (including phenoxy) is 3. The molecule has 3 rings (SSSR count). The lowest BCUT2D eigenvalue weighted by molar-refractivity contribution is -0.142. The maximum atomic E-state index is 14.8. The Kier molecular flexibility index (Phi) is 10.2. The van der Waals surface area contributed by atoms with Crippen molar-refractivity contribution >= 4 is 23.2 Å². The minimum Gasteiger partial charge on any atom is -0.493 e. The Bertz CT molecular complexity index is 1270. The number of hydrogen-bond acceptors (Lipinski definition) is 5. The summed E-state index contributed by atoms with van der Waals surface area (Å²) in [5.41, 5.74) is 3.43. The summed E-state index contributed by atoms with van der Waals surface area (Å²) in [5.74, 6) is 0.623. The molecule has 2 aromatic rings. The van der Waals surface area contributed by atoms with Crippen molar-refractivity contribution < 1.29 is 23.4 Å². The number of carbonyl (C=O) groups is 1. The predicted molar refractivity (Wildman–Crippen MR) is 155 cm³/mol. The van der Waals surface area contributed by atoms with Crippen molar-refractivity contribution in [3.63, 3.8) is 0 Å². The molecule has 2 aromatic carbocycles. The van der Waals surface area contributed by atoms with E-state index in [0.717, 1.165) is 16.7 Å². The number of rotatable bonds is 9. The predicted octanol–water partition coefficient (Wildman–Crippen LogP) is 6.94. The summed E-state index contributed by atoms with van der Waals surface area (Å²) in [7, 11) is 1.63. The molecule has 0 spiro atoms. The van der Waals surface area contributed by atoms with E-state index in [1.165, 1.54) is 6.07 Å². The molecule has 212 valence electrons. The molecule has 8 heteroatoms. The molecule has 0 atom stereocenters. The Morgan fingerprint density at radius 3 is 2.59 bits per heavy atom. The van der Waals surface area contributed by atoms with Gasteiger partial charge in [0.1, 0.15) is 5.70 Å². The summed E-state index contributed by atoms with van der Waals surface area (Å²) >= 11 is 6.02. The number of amides is 1. The lowest BCUT2D eigenvalue weighted by Crippen LogP contribution is -2.55. The highest BCUT2D eigenvalue weighted by atomic mass is 35.5. The molecule has 1 aliphatic rings. The van der Waals surface area contributed by atoms with Gasteiger partial charge in [0.05, 0.1) is 37.0 Å². The molecule has 0 aromatic heterocycles. The molecule has 0 unspecified atom stereocenters. The van der Waals surface area contributed by atoms with Crippen LogP contribution in [0.15, 0.2) is 46.6 Å². The number of methoxy groups -OCH3 is 1. The van der Waals surface area contributed by atoms with Gasteiger partial charge in [0.15, 0.2) is 17.3 Å². The van der Waals surface area contributed by atoms with Gasteiger partial charge in [0.25, 0.3) is 5.91 Å². The monoisotopic (exact) mass is 558 g/mol. The Labute approximate surface area is 236 Å². The topological polar surface area (TPSA) is 60.4 Å². The van der Waals surface area contributed by atoms with E-state index >= 15 is 0 Å². The van der Waals surface area contributed by atoms with E-state index in [4.69, 9.17) is 30.8 Å². The lowest BCUT2D eigenvalue weighted by Gasteiger charge is -2.42. The van der Waals surface area contributed by atoms with Crippen LogP contribution in [0.5, 0.6) is 11.5 Å². The fourth-order valence-electron chi connectivity index (χ4n) is 4.62.